The Hall–Kier alpha value is -1.42. The first-order valence-electron chi connectivity index (χ1n) is 3.68. The lowest BCUT2D eigenvalue weighted by molar-refractivity contribution is -0.118. The van der Waals surface area contributed by atoms with Crippen LogP contribution < -0.4 is 15.8 Å². The first-order valence-corrected chi connectivity index (χ1v) is 4.06. The van der Waals surface area contributed by atoms with Crippen LogP contribution >= 0.6 is 11.6 Å². The van der Waals surface area contributed by atoms with Crippen molar-refractivity contribution >= 4 is 28.9 Å². The largest absolute Gasteiger partial charge is 0.480 e. The van der Waals surface area contributed by atoms with Crippen molar-refractivity contribution in [2.75, 3.05) is 17.7 Å². The molecule has 0 aromatic heterocycles. The normalized spacial score (nSPS) is 14.4. The molecule has 3 N–H and O–H groups in total. The summed E-state index contributed by atoms with van der Waals surface area (Å²) in [5, 5.41) is 3.03. The Balaban J connectivity index is 2.53. The maximum atomic E-state index is 10.9. The molecule has 0 saturated heterocycles. The quantitative estimate of drug-likeness (QED) is 0.617. The molecule has 1 aliphatic heterocycles. The van der Waals surface area contributed by atoms with Crippen LogP contribution in [0.2, 0.25) is 5.02 Å². The number of nitrogens with one attached hydrogen (secondary N) is 1. The van der Waals surface area contributed by atoms with Crippen molar-refractivity contribution in [2.45, 2.75) is 0 Å². The van der Waals surface area contributed by atoms with Gasteiger partial charge in [-0.3, -0.25) is 4.79 Å². The molecule has 1 aliphatic rings. The third-order valence-electron chi connectivity index (χ3n) is 1.69. The van der Waals surface area contributed by atoms with Crippen LogP contribution in [-0.2, 0) is 4.79 Å². The van der Waals surface area contributed by atoms with Gasteiger partial charge in [-0.2, -0.15) is 0 Å². The average Bonchev–Trinajstić information content (AvgIpc) is 2.02. The molecule has 68 valence electrons. The van der Waals surface area contributed by atoms with Crippen molar-refractivity contribution in [2.24, 2.45) is 0 Å². The number of nitrogens with two attached hydrogens (primary N) is 1. The minimum absolute atomic E-state index is 0.00334. The molecule has 0 aliphatic carbocycles. The van der Waals surface area contributed by atoms with Gasteiger partial charge in [0.05, 0.1) is 10.7 Å². The second-order valence-electron chi connectivity index (χ2n) is 2.72. The van der Waals surface area contributed by atoms with Crippen molar-refractivity contribution < 1.29 is 9.53 Å². The van der Waals surface area contributed by atoms with Gasteiger partial charge in [-0.25, -0.2) is 0 Å². The molecule has 1 amide bonds. The number of amides is 1. The number of fused-ring (bicyclic) bond motifs is 1. The molecular formula is C8H7ClN2O2. The number of halogens is 1. The van der Waals surface area contributed by atoms with Crippen LogP contribution in [0.1, 0.15) is 0 Å². The second-order valence-corrected chi connectivity index (χ2v) is 3.12. The molecule has 1 aromatic carbocycles. The van der Waals surface area contributed by atoms with Crippen molar-refractivity contribution in [1.82, 2.24) is 0 Å². The Morgan fingerprint density at radius 3 is 3.08 bits per heavy atom. The van der Waals surface area contributed by atoms with E-state index < -0.39 is 0 Å². The zero-order chi connectivity index (χ0) is 9.42. The van der Waals surface area contributed by atoms with Gasteiger partial charge in [0.2, 0.25) is 0 Å². The second kappa shape index (κ2) is 2.81. The molecule has 0 unspecified atom stereocenters. The van der Waals surface area contributed by atoms with Gasteiger partial charge in [-0.1, -0.05) is 11.6 Å². The van der Waals surface area contributed by atoms with Crippen molar-refractivity contribution in [1.29, 1.82) is 0 Å². The van der Waals surface area contributed by atoms with E-state index in [0.29, 0.717) is 22.1 Å². The Labute approximate surface area is 79.6 Å². The van der Waals surface area contributed by atoms with Gasteiger partial charge in [0, 0.05) is 5.69 Å². The summed E-state index contributed by atoms with van der Waals surface area (Å²) in [6, 6.07) is 3.19. The number of hydrogen-bond donors (Lipinski definition) is 2. The van der Waals surface area contributed by atoms with Gasteiger partial charge in [-0.15, -0.1) is 0 Å². The number of ether oxygens (including phenoxy) is 1. The highest BCUT2D eigenvalue weighted by Crippen LogP contribution is 2.37. The smallest absolute Gasteiger partial charge is 0.262 e. The number of rotatable bonds is 0. The van der Waals surface area contributed by atoms with E-state index in [1.807, 2.05) is 0 Å². The highest BCUT2D eigenvalue weighted by molar-refractivity contribution is 6.33. The highest BCUT2D eigenvalue weighted by atomic mass is 35.5. The van der Waals surface area contributed by atoms with Crippen LogP contribution in [0.4, 0.5) is 11.4 Å². The SMILES string of the molecule is Nc1cc(Cl)c2c(c1)NC(=O)CO2. The predicted molar refractivity (Wildman–Crippen MR) is 50.0 cm³/mol. The Bertz CT molecular complexity index is 379. The number of carbonyl (C=O) groups excluding carboxylic acids is 1. The van der Waals surface area contributed by atoms with Gasteiger partial charge < -0.3 is 15.8 Å². The molecule has 1 aromatic rings. The van der Waals surface area contributed by atoms with E-state index >= 15 is 0 Å². The third-order valence-corrected chi connectivity index (χ3v) is 1.97. The molecule has 1 heterocycles. The number of nitrogen functional groups attached to an aromatic ring is 1. The first kappa shape index (κ1) is 8.19. The number of hydrogen-bond acceptors (Lipinski definition) is 3. The summed E-state index contributed by atoms with van der Waals surface area (Å²) in [6.07, 6.45) is 0. The van der Waals surface area contributed by atoms with Gasteiger partial charge >= 0.3 is 0 Å². The molecule has 0 radical (unpaired) electrons. The van der Waals surface area contributed by atoms with Crippen LogP contribution in [0.3, 0.4) is 0 Å². The molecule has 0 spiro atoms. The maximum Gasteiger partial charge on any atom is 0.262 e. The standard InChI is InChI=1S/C8H7ClN2O2/c9-5-1-4(10)2-6-8(5)13-3-7(12)11-6/h1-2H,3,10H2,(H,11,12). The van der Waals surface area contributed by atoms with Crippen molar-refractivity contribution in [3.63, 3.8) is 0 Å². The number of anilines is 2. The minimum Gasteiger partial charge on any atom is -0.480 e. The lowest BCUT2D eigenvalue weighted by atomic mass is 10.2. The molecular weight excluding hydrogens is 192 g/mol. The minimum atomic E-state index is -0.200. The fourth-order valence-corrected chi connectivity index (χ4v) is 1.46. The Morgan fingerprint density at radius 1 is 1.54 bits per heavy atom. The summed E-state index contributed by atoms with van der Waals surface area (Å²) >= 11 is 5.84. The van der Waals surface area contributed by atoms with Gasteiger partial charge in [0.15, 0.2) is 12.4 Å². The van der Waals surface area contributed by atoms with Crippen LogP contribution in [0.25, 0.3) is 0 Å². The lowest BCUT2D eigenvalue weighted by Gasteiger charge is -2.19. The van der Waals surface area contributed by atoms with E-state index in [9.17, 15) is 4.79 Å². The van der Waals surface area contributed by atoms with E-state index in [1.165, 1.54) is 0 Å². The third kappa shape index (κ3) is 1.40. The van der Waals surface area contributed by atoms with Crippen LogP contribution in [-0.4, -0.2) is 12.5 Å². The van der Waals surface area contributed by atoms with E-state index in [2.05, 4.69) is 5.32 Å². The average molecular weight is 199 g/mol. The maximum absolute atomic E-state index is 10.9. The monoisotopic (exact) mass is 198 g/mol. The number of carbonyl (C=O) groups is 1. The molecule has 0 atom stereocenters. The van der Waals surface area contributed by atoms with Crippen LogP contribution in [0, 0.1) is 0 Å². The van der Waals surface area contributed by atoms with Crippen molar-refractivity contribution in [3.8, 4) is 5.75 Å². The van der Waals surface area contributed by atoms with Crippen LogP contribution in [0.5, 0.6) is 5.75 Å². The topological polar surface area (TPSA) is 64.3 Å². The zero-order valence-corrected chi connectivity index (χ0v) is 7.39. The fourth-order valence-electron chi connectivity index (χ4n) is 1.18. The fraction of sp³-hybridized carbons (Fsp3) is 0.125. The summed E-state index contributed by atoms with van der Waals surface area (Å²) in [5.41, 5.74) is 6.56. The molecule has 5 heteroatoms. The molecule has 2 rings (SSSR count). The van der Waals surface area contributed by atoms with E-state index in [4.69, 9.17) is 22.1 Å². The molecule has 13 heavy (non-hydrogen) atoms. The number of benzene rings is 1. The molecule has 4 nitrogen and oxygen atoms in total. The highest BCUT2D eigenvalue weighted by Gasteiger charge is 2.18. The first-order chi connectivity index (χ1) is 6.16. The van der Waals surface area contributed by atoms with E-state index in [0.717, 1.165) is 0 Å². The molecule has 0 bridgehead atoms. The lowest BCUT2D eigenvalue weighted by Crippen LogP contribution is -2.25. The van der Waals surface area contributed by atoms with E-state index in [-0.39, 0.29) is 12.5 Å². The summed E-state index contributed by atoms with van der Waals surface area (Å²) in [6.45, 7) is -0.00334. The molecule has 0 fully saturated rings. The van der Waals surface area contributed by atoms with Gasteiger partial charge in [0.1, 0.15) is 0 Å². The summed E-state index contributed by atoms with van der Waals surface area (Å²) < 4.78 is 5.12. The molecule has 0 saturated carbocycles. The van der Waals surface area contributed by atoms with Gasteiger partial charge in [0.25, 0.3) is 5.91 Å². The van der Waals surface area contributed by atoms with Crippen molar-refractivity contribution in [3.05, 3.63) is 17.2 Å². The zero-order valence-electron chi connectivity index (χ0n) is 6.63. The van der Waals surface area contributed by atoms with E-state index in [1.54, 1.807) is 12.1 Å². The Kier molecular flexibility index (Phi) is 1.77. The summed E-state index contributed by atoms with van der Waals surface area (Å²) in [5.74, 6) is 0.282. The summed E-state index contributed by atoms with van der Waals surface area (Å²) in [4.78, 5) is 10.9. The predicted octanol–water partition coefficient (Wildman–Crippen LogP) is 1.25. The van der Waals surface area contributed by atoms with Gasteiger partial charge in [-0.05, 0) is 12.1 Å². The summed E-state index contributed by atoms with van der Waals surface area (Å²) in [7, 11) is 0. The van der Waals surface area contributed by atoms with Crippen LogP contribution in [0.15, 0.2) is 12.1 Å². The Morgan fingerprint density at radius 2 is 2.31 bits per heavy atom.